The van der Waals surface area contributed by atoms with Crippen molar-refractivity contribution in [1.82, 2.24) is 4.90 Å². The van der Waals surface area contributed by atoms with Gasteiger partial charge in [-0.05, 0) is 44.9 Å². The van der Waals surface area contributed by atoms with Gasteiger partial charge in [0.2, 0.25) is 0 Å². The highest BCUT2D eigenvalue weighted by molar-refractivity contribution is 9.09. The van der Waals surface area contributed by atoms with Crippen molar-refractivity contribution in [3.63, 3.8) is 0 Å². The zero-order valence-electron chi connectivity index (χ0n) is 10.5. The highest BCUT2D eigenvalue weighted by atomic mass is 79.9. The molecule has 0 saturated heterocycles. The zero-order valence-corrected chi connectivity index (χ0v) is 12.1. The maximum atomic E-state index is 3.65. The van der Waals surface area contributed by atoms with Crippen LogP contribution in [0, 0.1) is 11.8 Å². The van der Waals surface area contributed by atoms with Gasteiger partial charge in [0.25, 0.3) is 0 Å². The van der Waals surface area contributed by atoms with Crippen LogP contribution in [0.3, 0.4) is 0 Å². The Labute approximate surface area is 104 Å². The lowest BCUT2D eigenvalue weighted by atomic mass is 10.0. The van der Waals surface area contributed by atoms with Gasteiger partial charge in [0, 0.05) is 24.5 Å². The van der Waals surface area contributed by atoms with Gasteiger partial charge in [-0.3, -0.25) is 0 Å². The molecule has 0 radical (unpaired) electrons. The predicted molar refractivity (Wildman–Crippen MR) is 71.6 cm³/mol. The highest BCUT2D eigenvalue weighted by Gasteiger charge is 2.26. The van der Waals surface area contributed by atoms with Gasteiger partial charge in [0.05, 0.1) is 0 Å². The molecular weight excluding hydrogens is 250 g/mol. The molecule has 0 amide bonds. The van der Waals surface area contributed by atoms with Crippen LogP contribution < -0.4 is 0 Å². The van der Waals surface area contributed by atoms with Gasteiger partial charge < -0.3 is 4.90 Å². The van der Waals surface area contributed by atoms with Gasteiger partial charge in [-0.25, -0.2) is 0 Å². The smallest absolute Gasteiger partial charge is 0.00718 e. The first kappa shape index (κ1) is 13.5. The molecule has 2 heteroatoms. The Bertz CT molecular complexity index is 166. The number of hydrogen-bond donors (Lipinski definition) is 0. The molecule has 1 saturated carbocycles. The summed E-state index contributed by atoms with van der Waals surface area (Å²) in [5, 5.41) is 1.16. The van der Waals surface area contributed by atoms with Gasteiger partial charge in [-0.15, -0.1) is 0 Å². The Morgan fingerprint density at radius 3 is 2.40 bits per heavy atom. The van der Waals surface area contributed by atoms with E-state index in [2.05, 4.69) is 41.6 Å². The molecule has 1 fully saturated rings. The minimum Gasteiger partial charge on any atom is -0.300 e. The molecule has 1 nitrogen and oxygen atoms in total. The Hall–Kier alpha value is 0.440. The van der Waals surface area contributed by atoms with Crippen molar-refractivity contribution in [3.05, 3.63) is 0 Å². The number of alkyl halides is 1. The summed E-state index contributed by atoms with van der Waals surface area (Å²) in [7, 11) is 0. The average Bonchev–Trinajstić information content (AvgIpc) is 2.99. The van der Waals surface area contributed by atoms with Crippen LogP contribution in [0.4, 0.5) is 0 Å². The lowest BCUT2D eigenvalue weighted by Crippen LogP contribution is -2.37. The third kappa shape index (κ3) is 5.35. The third-order valence-corrected chi connectivity index (χ3v) is 4.24. The van der Waals surface area contributed by atoms with Crippen molar-refractivity contribution in [2.45, 2.75) is 52.5 Å². The van der Waals surface area contributed by atoms with Gasteiger partial charge in [0.15, 0.2) is 0 Å². The third-order valence-electron chi connectivity index (χ3n) is 3.33. The summed E-state index contributed by atoms with van der Waals surface area (Å²) in [5.41, 5.74) is 0. The first-order valence-electron chi connectivity index (χ1n) is 6.47. The molecule has 1 atom stereocenters. The van der Waals surface area contributed by atoms with E-state index in [1.165, 1.54) is 38.8 Å². The van der Waals surface area contributed by atoms with E-state index in [1.807, 2.05) is 0 Å². The lowest BCUT2D eigenvalue weighted by molar-refractivity contribution is 0.182. The fraction of sp³-hybridized carbons (Fsp3) is 1.00. The van der Waals surface area contributed by atoms with E-state index in [0.29, 0.717) is 6.04 Å². The van der Waals surface area contributed by atoms with Crippen molar-refractivity contribution >= 4 is 15.9 Å². The van der Waals surface area contributed by atoms with Crippen molar-refractivity contribution in [2.24, 2.45) is 11.8 Å². The van der Waals surface area contributed by atoms with Crippen LogP contribution in [0.2, 0.25) is 0 Å². The number of nitrogens with zero attached hydrogens (tertiary/aromatic N) is 1. The maximum absolute atomic E-state index is 3.65. The fourth-order valence-electron chi connectivity index (χ4n) is 2.09. The number of halogens is 1. The molecule has 0 N–H and O–H groups in total. The molecule has 1 unspecified atom stereocenters. The van der Waals surface area contributed by atoms with Crippen LogP contribution in [0.25, 0.3) is 0 Å². The molecule has 0 aromatic carbocycles. The zero-order chi connectivity index (χ0) is 11.3. The standard InChI is InChI=1S/C13H26BrN/c1-4-5-13(8-14)10-15(11(2)3)9-12-6-7-12/h11-13H,4-10H2,1-3H3. The van der Waals surface area contributed by atoms with Crippen LogP contribution in [0.15, 0.2) is 0 Å². The second-order valence-corrected chi connectivity index (χ2v) is 5.95. The predicted octanol–water partition coefficient (Wildman–Crippen LogP) is 3.92. The minimum atomic E-state index is 0.712. The summed E-state index contributed by atoms with van der Waals surface area (Å²) in [5.74, 6) is 1.86. The SMILES string of the molecule is CCCC(CBr)CN(CC1CC1)C(C)C. The normalized spacial score (nSPS) is 18.8. The average molecular weight is 276 g/mol. The van der Waals surface area contributed by atoms with Gasteiger partial charge in [-0.2, -0.15) is 0 Å². The lowest BCUT2D eigenvalue weighted by Gasteiger charge is -2.30. The van der Waals surface area contributed by atoms with E-state index >= 15 is 0 Å². The molecule has 1 aliphatic rings. The molecule has 0 aromatic rings. The summed E-state index contributed by atoms with van der Waals surface area (Å²) in [4.78, 5) is 2.68. The van der Waals surface area contributed by atoms with Crippen LogP contribution in [0.5, 0.6) is 0 Å². The van der Waals surface area contributed by atoms with Crippen molar-refractivity contribution in [2.75, 3.05) is 18.4 Å². The van der Waals surface area contributed by atoms with Crippen molar-refractivity contribution in [1.29, 1.82) is 0 Å². The largest absolute Gasteiger partial charge is 0.300 e. The monoisotopic (exact) mass is 275 g/mol. The van der Waals surface area contributed by atoms with Gasteiger partial charge in [0.1, 0.15) is 0 Å². The molecule has 0 heterocycles. The molecule has 0 aromatic heterocycles. The van der Waals surface area contributed by atoms with E-state index in [0.717, 1.165) is 17.2 Å². The maximum Gasteiger partial charge on any atom is 0.00718 e. The Morgan fingerprint density at radius 2 is 2.00 bits per heavy atom. The molecule has 1 aliphatic carbocycles. The number of hydrogen-bond acceptors (Lipinski definition) is 1. The van der Waals surface area contributed by atoms with Crippen LogP contribution in [-0.4, -0.2) is 29.4 Å². The quantitative estimate of drug-likeness (QED) is 0.607. The molecule has 0 spiro atoms. The molecule has 0 bridgehead atoms. The summed E-state index contributed by atoms with van der Waals surface area (Å²) < 4.78 is 0. The van der Waals surface area contributed by atoms with E-state index in [-0.39, 0.29) is 0 Å². The summed E-state index contributed by atoms with van der Waals surface area (Å²) in [6.45, 7) is 9.58. The fourth-order valence-corrected chi connectivity index (χ4v) is 2.61. The molecule has 0 aliphatic heterocycles. The Balaban J connectivity index is 2.33. The topological polar surface area (TPSA) is 3.24 Å². The Kier molecular flexibility index (Phi) is 6.21. The minimum absolute atomic E-state index is 0.712. The van der Waals surface area contributed by atoms with Gasteiger partial charge >= 0.3 is 0 Å². The molecular formula is C13H26BrN. The second-order valence-electron chi connectivity index (χ2n) is 5.30. The first-order chi connectivity index (χ1) is 7.17. The van der Waals surface area contributed by atoms with Crippen molar-refractivity contribution in [3.8, 4) is 0 Å². The summed E-state index contributed by atoms with van der Waals surface area (Å²) in [6, 6.07) is 0.712. The summed E-state index contributed by atoms with van der Waals surface area (Å²) >= 11 is 3.65. The van der Waals surface area contributed by atoms with E-state index in [4.69, 9.17) is 0 Å². The molecule has 1 rings (SSSR count). The van der Waals surface area contributed by atoms with E-state index in [9.17, 15) is 0 Å². The Morgan fingerprint density at radius 1 is 1.33 bits per heavy atom. The van der Waals surface area contributed by atoms with Crippen LogP contribution in [0.1, 0.15) is 46.5 Å². The van der Waals surface area contributed by atoms with Gasteiger partial charge in [-0.1, -0.05) is 29.3 Å². The van der Waals surface area contributed by atoms with Crippen LogP contribution >= 0.6 is 15.9 Å². The van der Waals surface area contributed by atoms with E-state index in [1.54, 1.807) is 0 Å². The number of rotatable bonds is 8. The molecule has 90 valence electrons. The second kappa shape index (κ2) is 6.90. The van der Waals surface area contributed by atoms with E-state index < -0.39 is 0 Å². The van der Waals surface area contributed by atoms with Crippen molar-refractivity contribution < 1.29 is 0 Å². The summed E-state index contributed by atoms with van der Waals surface area (Å²) in [6.07, 6.45) is 5.61. The van der Waals surface area contributed by atoms with Crippen LogP contribution in [-0.2, 0) is 0 Å². The first-order valence-corrected chi connectivity index (χ1v) is 7.59. The highest BCUT2D eigenvalue weighted by Crippen LogP contribution is 2.30. The molecule has 15 heavy (non-hydrogen) atoms.